The first-order chi connectivity index (χ1) is 11.2. The standard InChI is InChI=1S/C16H23N3O3S/c20-15(21)13-11-17-16(19-7-9-22-10-8-19)18-14(13)23-12-5-3-1-2-4-6-12/h11-12H,1-10H2,(H,20,21). The van der Waals surface area contributed by atoms with E-state index in [2.05, 4.69) is 14.9 Å². The van der Waals surface area contributed by atoms with E-state index in [0.717, 1.165) is 25.9 Å². The zero-order valence-corrected chi connectivity index (χ0v) is 14.1. The molecule has 0 bridgehead atoms. The number of morpholine rings is 1. The predicted octanol–water partition coefficient (Wildman–Crippen LogP) is 2.83. The Bertz CT molecular complexity index is 541. The van der Waals surface area contributed by atoms with Crippen molar-refractivity contribution in [2.24, 2.45) is 0 Å². The van der Waals surface area contributed by atoms with Crippen LogP contribution in [0.15, 0.2) is 11.2 Å². The van der Waals surface area contributed by atoms with Crippen LogP contribution in [0.1, 0.15) is 48.9 Å². The number of aromatic nitrogens is 2. The molecule has 0 aromatic carbocycles. The van der Waals surface area contributed by atoms with Crippen LogP contribution in [-0.4, -0.2) is 52.6 Å². The minimum atomic E-state index is -0.949. The maximum absolute atomic E-state index is 11.5. The third-order valence-electron chi connectivity index (χ3n) is 4.35. The first kappa shape index (κ1) is 16.5. The molecule has 1 N–H and O–H groups in total. The third kappa shape index (κ3) is 4.35. The van der Waals surface area contributed by atoms with Crippen LogP contribution in [0.4, 0.5) is 5.95 Å². The van der Waals surface area contributed by atoms with Crippen LogP contribution >= 0.6 is 11.8 Å². The molecule has 2 heterocycles. The summed E-state index contributed by atoms with van der Waals surface area (Å²) in [7, 11) is 0. The molecule has 3 rings (SSSR count). The smallest absolute Gasteiger partial charge is 0.340 e. The van der Waals surface area contributed by atoms with Crippen LogP contribution < -0.4 is 4.90 Å². The molecule has 0 radical (unpaired) electrons. The van der Waals surface area contributed by atoms with E-state index in [1.807, 2.05) is 0 Å². The Morgan fingerprint density at radius 2 is 1.91 bits per heavy atom. The molecule has 1 saturated heterocycles. The Balaban J connectivity index is 1.80. The molecule has 23 heavy (non-hydrogen) atoms. The molecule has 126 valence electrons. The van der Waals surface area contributed by atoms with Crippen molar-refractivity contribution in [1.29, 1.82) is 0 Å². The number of ether oxygens (including phenoxy) is 1. The first-order valence-electron chi connectivity index (χ1n) is 8.34. The highest BCUT2D eigenvalue weighted by atomic mass is 32.2. The van der Waals surface area contributed by atoms with E-state index in [-0.39, 0.29) is 5.56 Å². The molecule has 1 aromatic heterocycles. The molecule has 1 aliphatic heterocycles. The van der Waals surface area contributed by atoms with E-state index in [0.29, 0.717) is 29.4 Å². The van der Waals surface area contributed by atoms with Gasteiger partial charge in [-0.1, -0.05) is 25.7 Å². The molecule has 2 aliphatic rings. The largest absolute Gasteiger partial charge is 0.478 e. The Morgan fingerprint density at radius 3 is 2.57 bits per heavy atom. The molecule has 2 fully saturated rings. The number of rotatable bonds is 4. The highest BCUT2D eigenvalue weighted by molar-refractivity contribution is 7.99. The number of carbonyl (C=O) groups is 1. The molecule has 1 saturated carbocycles. The van der Waals surface area contributed by atoms with Crippen LogP contribution in [0.2, 0.25) is 0 Å². The average molecular weight is 337 g/mol. The number of nitrogens with zero attached hydrogens (tertiary/aromatic N) is 3. The van der Waals surface area contributed by atoms with Gasteiger partial charge in [-0.3, -0.25) is 0 Å². The topological polar surface area (TPSA) is 75.5 Å². The molecule has 0 spiro atoms. The summed E-state index contributed by atoms with van der Waals surface area (Å²) in [6, 6.07) is 0. The molecule has 0 amide bonds. The molecule has 0 atom stereocenters. The van der Waals surface area contributed by atoms with E-state index in [4.69, 9.17) is 4.74 Å². The summed E-state index contributed by atoms with van der Waals surface area (Å²) in [5.41, 5.74) is 0.219. The summed E-state index contributed by atoms with van der Waals surface area (Å²) in [4.78, 5) is 22.4. The summed E-state index contributed by atoms with van der Waals surface area (Å²) < 4.78 is 5.35. The molecule has 7 heteroatoms. The lowest BCUT2D eigenvalue weighted by Crippen LogP contribution is -2.37. The van der Waals surface area contributed by atoms with Crippen molar-refractivity contribution in [1.82, 2.24) is 9.97 Å². The van der Waals surface area contributed by atoms with Crippen molar-refractivity contribution in [3.8, 4) is 0 Å². The van der Waals surface area contributed by atoms with Crippen molar-refractivity contribution in [3.05, 3.63) is 11.8 Å². The predicted molar refractivity (Wildman–Crippen MR) is 89.4 cm³/mol. The third-order valence-corrected chi connectivity index (χ3v) is 5.69. The molecule has 6 nitrogen and oxygen atoms in total. The normalized spacial score (nSPS) is 20.3. The summed E-state index contributed by atoms with van der Waals surface area (Å²) in [5, 5.41) is 10.5. The summed E-state index contributed by atoms with van der Waals surface area (Å²) >= 11 is 1.62. The average Bonchev–Trinajstić information content (AvgIpc) is 2.84. The second kappa shape index (κ2) is 7.97. The van der Waals surface area contributed by atoms with Crippen molar-refractivity contribution in [2.45, 2.75) is 48.8 Å². The SMILES string of the molecule is O=C(O)c1cnc(N2CCOCC2)nc1SC1CCCCCC1. The highest BCUT2D eigenvalue weighted by Gasteiger charge is 2.22. The van der Waals surface area contributed by atoms with Crippen LogP contribution in [0.3, 0.4) is 0 Å². The van der Waals surface area contributed by atoms with Gasteiger partial charge in [0.15, 0.2) is 0 Å². The summed E-state index contributed by atoms with van der Waals surface area (Å²) in [6.07, 6.45) is 8.75. The number of thioether (sulfide) groups is 1. The lowest BCUT2D eigenvalue weighted by molar-refractivity contribution is 0.0691. The van der Waals surface area contributed by atoms with E-state index in [1.165, 1.54) is 31.9 Å². The number of hydrogen-bond acceptors (Lipinski definition) is 6. The fraction of sp³-hybridized carbons (Fsp3) is 0.688. The zero-order chi connectivity index (χ0) is 16.1. The Hall–Kier alpha value is -1.34. The number of carboxylic acids is 1. The maximum Gasteiger partial charge on any atom is 0.340 e. The fourth-order valence-electron chi connectivity index (χ4n) is 3.03. The Kier molecular flexibility index (Phi) is 5.72. The molecular weight excluding hydrogens is 314 g/mol. The van der Waals surface area contributed by atoms with Gasteiger partial charge in [0.05, 0.1) is 13.2 Å². The van der Waals surface area contributed by atoms with Gasteiger partial charge < -0.3 is 14.7 Å². The molecule has 1 aromatic rings. The van der Waals surface area contributed by atoms with Gasteiger partial charge in [-0.25, -0.2) is 14.8 Å². The van der Waals surface area contributed by atoms with Gasteiger partial charge in [0, 0.05) is 24.5 Å². The molecular formula is C16H23N3O3S. The lowest BCUT2D eigenvalue weighted by atomic mass is 10.2. The minimum absolute atomic E-state index is 0.219. The van der Waals surface area contributed by atoms with Gasteiger partial charge in [0.2, 0.25) is 5.95 Å². The Labute approximate surface area is 140 Å². The monoisotopic (exact) mass is 337 g/mol. The van der Waals surface area contributed by atoms with Gasteiger partial charge in [0.25, 0.3) is 0 Å². The van der Waals surface area contributed by atoms with Gasteiger partial charge >= 0.3 is 5.97 Å². The highest BCUT2D eigenvalue weighted by Crippen LogP contribution is 2.34. The molecule has 0 unspecified atom stereocenters. The second-order valence-corrected chi connectivity index (χ2v) is 7.31. The number of aromatic carboxylic acids is 1. The number of hydrogen-bond donors (Lipinski definition) is 1. The van der Waals surface area contributed by atoms with E-state index < -0.39 is 5.97 Å². The fourth-order valence-corrected chi connectivity index (χ4v) is 4.31. The van der Waals surface area contributed by atoms with Crippen LogP contribution in [0, 0.1) is 0 Å². The zero-order valence-electron chi connectivity index (χ0n) is 13.2. The van der Waals surface area contributed by atoms with Gasteiger partial charge in [-0.2, -0.15) is 0 Å². The maximum atomic E-state index is 11.5. The summed E-state index contributed by atoms with van der Waals surface area (Å²) in [6.45, 7) is 2.82. The second-order valence-electron chi connectivity index (χ2n) is 6.02. The van der Waals surface area contributed by atoms with Gasteiger partial charge in [-0.15, -0.1) is 11.8 Å². The quantitative estimate of drug-likeness (QED) is 0.669. The number of anilines is 1. The molecule has 1 aliphatic carbocycles. The van der Waals surface area contributed by atoms with Crippen LogP contribution in [0.25, 0.3) is 0 Å². The minimum Gasteiger partial charge on any atom is -0.478 e. The van der Waals surface area contributed by atoms with E-state index in [9.17, 15) is 9.90 Å². The van der Waals surface area contributed by atoms with Gasteiger partial charge in [0.1, 0.15) is 10.6 Å². The first-order valence-corrected chi connectivity index (χ1v) is 9.21. The van der Waals surface area contributed by atoms with E-state index >= 15 is 0 Å². The number of carboxylic acid groups (broad SMARTS) is 1. The van der Waals surface area contributed by atoms with E-state index in [1.54, 1.807) is 11.8 Å². The van der Waals surface area contributed by atoms with Crippen molar-refractivity contribution >= 4 is 23.7 Å². The lowest BCUT2D eigenvalue weighted by Gasteiger charge is -2.27. The Morgan fingerprint density at radius 1 is 1.22 bits per heavy atom. The van der Waals surface area contributed by atoms with Crippen LogP contribution in [-0.2, 0) is 4.74 Å². The van der Waals surface area contributed by atoms with Crippen LogP contribution in [0.5, 0.6) is 0 Å². The van der Waals surface area contributed by atoms with Crippen molar-refractivity contribution in [2.75, 3.05) is 31.2 Å². The van der Waals surface area contributed by atoms with Crippen molar-refractivity contribution < 1.29 is 14.6 Å². The summed E-state index contributed by atoms with van der Waals surface area (Å²) in [5.74, 6) is -0.330. The van der Waals surface area contributed by atoms with Gasteiger partial charge in [-0.05, 0) is 12.8 Å². The van der Waals surface area contributed by atoms with Crippen molar-refractivity contribution in [3.63, 3.8) is 0 Å².